The Balaban J connectivity index is 2.19. The van der Waals surface area contributed by atoms with E-state index in [1.807, 2.05) is 0 Å². The standard InChI is InChI=1S/C17H14BrN4O4/c1-17(2,3)15(24)21-16-19-10-7-5-8-4-6-9(18)13(22(25)26)11(8)12(10)14(23)20-16/h4-7H,1-3H3,(H,19,21,24). The maximum absolute atomic E-state index is 12.6. The van der Waals surface area contributed by atoms with E-state index in [2.05, 4.69) is 31.6 Å². The van der Waals surface area contributed by atoms with Crippen LogP contribution >= 0.6 is 15.9 Å². The molecule has 0 saturated carbocycles. The Labute approximate surface area is 157 Å². The van der Waals surface area contributed by atoms with Crippen LogP contribution in [-0.2, 0) is 4.79 Å². The minimum Gasteiger partial charge on any atom is -0.294 e. The highest BCUT2D eigenvalue weighted by molar-refractivity contribution is 9.10. The van der Waals surface area contributed by atoms with Crippen LogP contribution in [0.25, 0.3) is 10.8 Å². The van der Waals surface area contributed by atoms with Crippen molar-refractivity contribution < 1.29 is 14.5 Å². The van der Waals surface area contributed by atoms with Crippen LogP contribution in [0.15, 0.2) is 33.7 Å². The number of fused-ring (bicyclic) bond motifs is 3. The Morgan fingerprint density at radius 3 is 2.50 bits per heavy atom. The molecule has 2 aromatic carbocycles. The van der Waals surface area contributed by atoms with Crippen LogP contribution in [0.5, 0.6) is 0 Å². The second kappa shape index (κ2) is 6.17. The van der Waals surface area contributed by atoms with Gasteiger partial charge in [-0.3, -0.25) is 25.0 Å². The smallest absolute Gasteiger partial charge is 0.292 e. The molecule has 1 radical (unpaired) electrons. The number of hydrogen-bond acceptors (Lipinski definition) is 5. The number of carbonyl (C=O) groups excluding carboxylic acids is 2. The summed E-state index contributed by atoms with van der Waals surface area (Å²) in [5, 5.41) is 18.5. The maximum atomic E-state index is 12.6. The van der Waals surface area contributed by atoms with Crippen molar-refractivity contribution in [1.82, 2.24) is 10.6 Å². The zero-order valence-corrected chi connectivity index (χ0v) is 15.7. The molecule has 0 atom stereocenters. The minimum absolute atomic E-state index is 0.0456. The van der Waals surface area contributed by atoms with Gasteiger partial charge in [0.1, 0.15) is 0 Å². The highest BCUT2D eigenvalue weighted by atomic mass is 79.9. The number of aliphatic imine (C=N–C) groups is 1. The van der Waals surface area contributed by atoms with Crippen LogP contribution in [0.3, 0.4) is 0 Å². The number of guanidine groups is 1. The number of nitro benzene ring substituents is 1. The van der Waals surface area contributed by atoms with Crippen molar-refractivity contribution in [2.45, 2.75) is 20.8 Å². The number of hydrogen-bond donors (Lipinski definition) is 1. The lowest BCUT2D eigenvalue weighted by molar-refractivity contribution is -0.383. The van der Waals surface area contributed by atoms with Crippen molar-refractivity contribution in [3.8, 4) is 0 Å². The predicted octanol–water partition coefficient (Wildman–Crippen LogP) is 3.42. The average molecular weight is 418 g/mol. The molecule has 0 bridgehead atoms. The van der Waals surface area contributed by atoms with Crippen molar-refractivity contribution in [2.24, 2.45) is 10.4 Å². The number of nitrogens with one attached hydrogen (secondary N) is 1. The van der Waals surface area contributed by atoms with Gasteiger partial charge in [-0.15, -0.1) is 0 Å². The Morgan fingerprint density at radius 1 is 1.23 bits per heavy atom. The molecule has 0 spiro atoms. The van der Waals surface area contributed by atoms with Crippen molar-refractivity contribution in [3.05, 3.63) is 44.4 Å². The number of amides is 2. The Morgan fingerprint density at radius 2 is 1.88 bits per heavy atom. The summed E-state index contributed by atoms with van der Waals surface area (Å²) in [4.78, 5) is 39.8. The van der Waals surface area contributed by atoms with Gasteiger partial charge >= 0.3 is 0 Å². The largest absolute Gasteiger partial charge is 0.294 e. The molecule has 0 aliphatic carbocycles. The lowest BCUT2D eigenvalue weighted by atomic mass is 9.96. The molecule has 2 amide bonds. The van der Waals surface area contributed by atoms with Crippen LogP contribution in [0.4, 0.5) is 11.4 Å². The summed E-state index contributed by atoms with van der Waals surface area (Å²) in [6.07, 6.45) is 0. The lowest BCUT2D eigenvalue weighted by Crippen LogP contribution is -2.45. The van der Waals surface area contributed by atoms with Gasteiger partial charge in [-0.05, 0) is 33.4 Å². The highest BCUT2D eigenvalue weighted by Crippen LogP contribution is 2.40. The summed E-state index contributed by atoms with van der Waals surface area (Å²) in [5.41, 5.74) is -0.638. The molecule has 9 heteroatoms. The zero-order valence-electron chi connectivity index (χ0n) is 14.2. The second-order valence-corrected chi connectivity index (χ2v) is 7.62. The summed E-state index contributed by atoms with van der Waals surface area (Å²) >= 11 is 3.16. The van der Waals surface area contributed by atoms with Gasteiger partial charge in [0.15, 0.2) is 0 Å². The van der Waals surface area contributed by atoms with Crippen LogP contribution in [-0.4, -0.2) is 22.7 Å². The normalized spacial score (nSPS) is 13.7. The van der Waals surface area contributed by atoms with Gasteiger partial charge in [0.05, 0.1) is 26.0 Å². The topological polar surface area (TPSA) is 116 Å². The van der Waals surface area contributed by atoms with Crippen LogP contribution in [0.1, 0.15) is 31.1 Å². The Bertz CT molecular complexity index is 1010. The zero-order chi connectivity index (χ0) is 19.2. The van der Waals surface area contributed by atoms with E-state index in [0.29, 0.717) is 5.39 Å². The number of nitrogens with zero attached hydrogens (tertiary/aromatic N) is 3. The Hall–Kier alpha value is -2.81. The van der Waals surface area contributed by atoms with Gasteiger partial charge in [-0.1, -0.05) is 32.9 Å². The van der Waals surface area contributed by atoms with Crippen molar-refractivity contribution in [1.29, 1.82) is 0 Å². The predicted molar refractivity (Wildman–Crippen MR) is 99.5 cm³/mol. The number of benzene rings is 2. The van der Waals surface area contributed by atoms with E-state index in [0.717, 1.165) is 0 Å². The molecule has 2 aromatic rings. The molecule has 1 heterocycles. The van der Waals surface area contributed by atoms with Crippen molar-refractivity contribution >= 4 is 55.9 Å². The number of rotatable bonds is 1. The van der Waals surface area contributed by atoms with Gasteiger partial charge in [0.2, 0.25) is 11.9 Å². The molecule has 8 nitrogen and oxygen atoms in total. The van der Waals surface area contributed by atoms with Gasteiger partial charge in [-0.25, -0.2) is 4.99 Å². The molecule has 1 aliphatic heterocycles. The van der Waals surface area contributed by atoms with E-state index in [4.69, 9.17) is 0 Å². The summed E-state index contributed by atoms with van der Waals surface area (Å²) in [6.45, 7) is 5.15. The first kappa shape index (κ1) is 18.0. The molecule has 3 rings (SSSR count). The maximum Gasteiger partial charge on any atom is 0.292 e. The van der Waals surface area contributed by atoms with Crippen molar-refractivity contribution in [3.63, 3.8) is 0 Å². The highest BCUT2D eigenvalue weighted by Gasteiger charge is 2.31. The number of carbonyl (C=O) groups is 2. The van der Waals surface area contributed by atoms with E-state index in [-0.39, 0.29) is 38.7 Å². The molecular formula is C17H14BrN4O4. The van der Waals surface area contributed by atoms with Gasteiger partial charge in [-0.2, -0.15) is 5.32 Å². The fraction of sp³-hybridized carbons (Fsp3) is 0.235. The molecular weight excluding hydrogens is 404 g/mol. The minimum atomic E-state index is -0.689. The van der Waals surface area contributed by atoms with E-state index >= 15 is 0 Å². The molecule has 26 heavy (non-hydrogen) atoms. The van der Waals surface area contributed by atoms with Crippen LogP contribution in [0.2, 0.25) is 0 Å². The lowest BCUT2D eigenvalue weighted by Gasteiger charge is -2.20. The summed E-state index contributed by atoms with van der Waals surface area (Å²) in [5.74, 6) is -1.16. The molecule has 1 aliphatic rings. The molecule has 133 valence electrons. The number of nitro groups is 1. The second-order valence-electron chi connectivity index (χ2n) is 6.77. The van der Waals surface area contributed by atoms with E-state index < -0.39 is 16.2 Å². The number of halogens is 1. The SMILES string of the molecule is CC(C)(C)C(=O)NC1=Nc2ccc3ccc(Br)c([N+](=O)[O-])c3c2C(=O)[N]1. The summed E-state index contributed by atoms with van der Waals surface area (Å²) < 4.78 is 0.256. The Kier molecular flexibility index (Phi) is 4.27. The summed E-state index contributed by atoms with van der Waals surface area (Å²) in [7, 11) is 0. The monoisotopic (exact) mass is 417 g/mol. The molecule has 1 N–H and O–H groups in total. The van der Waals surface area contributed by atoms with E-state index in [1.54, 1.807) is 45.0 Å². The fourth-order valence-corrected chi connectivity index (χ4v) is 2.96. The molecule has 0 aromatic heterocycles. The van der Waals surface area contributed by atoms with E-state index in [1.165, 1.54) is 0 Å². The third-order valence-electron chi connectivity index (χ3n) is 3.82. The van der Waals surface area contributed by atoms with Crippen LogP contribution in [0, 0.1) is 15.5 Å². The van der Waals surface area contributed by atoms with Gasteiger partial charge in [0.25, 0.3) is 11.6 Å². The first-order chi connectivity index (χ1) is 12.1. The molecule has 0 fully saturated rings. The fourth-order valence-electron chi connectivity index (χ4n) is 2.49. The van der Waals surface area contributed by atoms with Gasteiger partial charge in [0, 0.05) is 5.41 Å². The van der Waals surface area contributed by atoms with E-state index in [9.17, 15) is 19.7 Å². The average Bonchev–Trinajstić information content (AvgIpc) is 2.52. The van der Waals surface area contributed by atoms with Gasteiger partial charge < -0.3 is 0 Å². The quantitative estimate of drug-likeness (QED) is 0.564. The molecule has 0 saturated heterocycles. The molecule has 0 unspecified atom stereocenters. The van der Waals surface area contributed by atoms with Crippen LogP contribution < -0.4 is 10.6 Å². The summed E-state index contributed by atoms with van der Waals surface area (Å²) in [6, 6.07) is 6.43. The van der Waals surface area contributed by atoms with Crippen molar-refractivity contribution in [2.75, 3.05) is 0 Å². The third kappa shape index (κ3) is 3.05. The first-order valence-electron chi connectivity index (χ1n) is 7.65. The third-order valence-corrected chi connectivity index (χ3v) is 4.46. The first-order valence-corrected chi connectivity index (χ1v) is 8.44.